The molecule has 9 aromatic rings. The van der Waals surface area contributed by atoms with E-state index in [1.165, 1.54) is 49.0 Å². The van der Waals surface area contributed by atoms with E-state index in [0.29, 0.717) is 0 Å². The van der Waals surface area contributed by atoms with Gasteiger partial charge in [-0.15, -0.1) is 0 Å². The number of hydrogen-bond donors (Lipinski definition) is 0. The Bertz CT molecular complexity index is 2700. The Morgan fingerprint density at radius 2 is 0.872 bits per heavy atom. The van der Waals surface area contributed by atoms with E-state index in [1.54, 1.807) is 0 Å². The molecule has 1 heteroatoms. The summed E-state index contributed by atoms with van der Waals surface area (Å²) >= 11 is 0. The Labute approximate surface area is 273 Å². The first-order valence-electron chi connectivity index (χ1n) is 16.0. The molecule has 0 amide bonds. The molecule has 0 unspecified atom stereocenters. The van der Waals surface area contributed by atoms with Crippen LogP contribution in [0.5, 0.6) is 0 Å². The Hall–Kier alpha value is -6.18. The van der Waals surface area contributed by atoms with Crippen molar-refractivity contribution in [3.63, 3.8) is 0 Å². The van der Waals surface area contributed by atoms with Crippen molar-refractivity contribution in [2.24, 2.45) is 0 Å². The molecule has 1 aromatic heterocycles. The van der Waals surface area contributed by atoms with Crippen molar-refractivity contribution in [2.45, 2.75) is 0 Å². The average Bonchev–Trinajstić information content (AvgIpc) is 3.49. The molecular weight excluding hydrogens is 569 g/mol. The summed E-state index contributed by atoms with van der Waals surface area (Å²) in [5, 5.41) is 9.47. The highest BCUT2D eigenvalue weighted by molar-refractivity contribution is 6.15. The van der Waals surface area contributed by atoms with Crippen LogP contribution in [-0.2, 0) is 0 Å². The average molecular weight is 599 g/mol. The lowest BCUT2D eigenvalue weighted by Crippen LogP contribution is -1.96. The molecule has 1 heterocycles. The predicted octanol–water partition coefficient (Wildman–Crippen LogP) is 13.3. The number of rotatable bonds is 5. The van der Waals surface area contributed by atoms with E-state index < -0.39 is 0 Å². The monoisotopic (exact) mass is 598 g/mol. The van der Waals surface area contributed by atoms with Crippen LogP contribution in [-0.4, -0.2) is 0 Å². The maximum Gasteiger partial charge on any atom is 0.136 e. The van der Waals surface area contributed by atoms with Gasteiger partial charge in [-0.2, -0.15) is 0 Å². The van der Waals surface area contributed by atoms with Crippen molar-refractivity contribution < 1.29 is 4.42 Å². The zero-order chi connectivity index (χ0) is 31.5. The second kappa shape index (κ2) is 10.7. The van der Waals surface area contributed by atoms with Crippen LogP contribution >= 0.6 is 0 Å². The largest absolute Gasteiger partial charge is 0.456 e. The first-order valence-corrected chi connectivity index (χ1v) is 16.0. The van der Waals surface area contributed by atoms with E-state index in [-0.39, 0.29) is 0 Å². The number of hydrogen-bond acceptors (Lipinski definition) is 1. The summed E-state index contributed by atoms with van der Waals surface area (Å²) < 4.78 is 6.34. The van der Waals surface area contributed by atoms with Crippen LogP contribution in [0.3, 0.4) is 0 Å². The molecule has 0 atom stereocenters. The fourth-order valence-corrected chi connectivity index (χ4v) is 7.34. The van der Waals surface area contributed by atoms with E-state index in [0.717, 1.165) is 49.8 Å². The maximum atomic E-state index is 6.34. The lowest BCUT2D eigenvalue weighted by atomic mass is 9.83. The third-order valence-corrected chi connectivity index (χ3v) is 9.59. The summed E-state index contributed by atoms with van der Waals surface area (Å²) in [5.74, 6) is 0. The van der Waals surface area contributed by atoms with Gasteiger partial charge in [0.05, 0.1) is 0 Å². The van der Waals surface area contributed by atoms with Gasteiger partial charge in [-0.05, 0) is 107 Å². The van der Waals surface area contributed by atoms with E-state index in [1.807, 2.05) is 12.2 Å². The van der Waals surface area contributed by atoms with Crippen molar-refractivity contribution in [1.82, 2.24) is 0 Å². The summed E-state index contributed by atoms with van der Waals surface area (Å²) in [6.45, 7) is 8.63. The van der Waals surface area contributed by atoms with E-state index in [9.17, 15) is 0 Å². The summed E-state index contributed by atoms with van der Waals surface area (Å²) in [6, 6.07) is 52.2. The molecule has 0 aliphatic carbocycles. The SMILES string of the molecule is C=Cc1c(C=C)c(-c2ccc3oc4cc5ccccc5cc4c3c2)c2ccccc2c1-c1ccc(-c2ccc3ccccc3c2)cc1. The zero-order valence-electron chi connectivity index (χ0n) is 25.8. The van der Waals surface area contributed by atoms with Gasteiger partial charge in [0.25, 0.3) is 0 Å². The fourth-order valence-electron chi connectivity index (χ4n) is 7.34. The van der Waals surface area contributed by atoms with Gasteiger partial charge in [0.2, 0.25) is 0 Å². The lowest BCUT2D eigenvalue weighted by molar-refractivity contribution is 0.669. The highest BCUT2D eigenvalue weighted by Crippen LogP contribution is 2.45. The van der Waals surface area contributed by atoms with Crippen LogP contribution < -0.4 is 0 Å². The van der Waals surface area contributed by atoms with Gasteiger partial charge in [-0.3, -0.25) is 0 Å². The normalized spacial score (nSPS) is 11.6. The molecule has 0 N–H and O–H groups in total. The van der Waals surface area contributed by atoms with Crippen molar-refractivity contribution in [2.75, 3.05) is 0 Å². The first kappa shape index (κ1) is 27.2. The third kappa shape index (κ3) is 4.32. The van der Waals surface area contributed by atoms with Crippen LogP contribution in [0.2, 0.25) is 0 Å². The molecule has 9 rings (SSSR count). The van der Waals surface area contributed by atoms with E-state index in [4.69, 9.17) is 4.42 Å². The molecule has 1 nitrogen and oxygen atoms in total. The van der Waals surface area contributed by atoms with Crippen molar-refractivity contribution in [3.05, 3.63) is 170 Å². The molecule has 0 spiro atoms. The second-order valence-electron chi connectivity index (χ2n) is 12.2. The van der Waals surface area contributed by atoms with E-state index in [2.05, 4.69) is 159 Å². The molecule has 0 saturated carbocycles. The maximum absolute atomic E-state index is 6.34. The van der Waals surface area contributed by atoms with Crippen LogP contribution in [0, 0.1) is 0 Å². The quantitative estimate of drug-likeness (QED) is 0.192. The van der Waals surface area contributed by atoms with E-state index >= 15 is 0 Å². The van der Waals surface area contributed by atoms with Gasteiger partial charge in [0, 0.05) is 10.8 Å². The van der Waals surface area contributed by atoms with Gasteiger partial charge >= 0.3 is 0 Å². The standard InChI is InChI=1S/C46H30O/c1-3-37-38(4-2)46(36-23-24-43-41(27-36)42-26-33-13-7-8-14-34(33)28-44(42)47-43)40-16-10-9-15-39(40)45(37)31-20-17-30(18-21-31)35-22-19-29-11-5-6-12-32(29)25-35/h3-28H,1-2H2. The van der Waals surface area contributed by atoms with Gasteiger partial charge in [0.1, 0.15) is 11.2 Å². The first-order chi connectivity index (χ1) is 23.2. The number of furan rings is 1. The molecular formula is C46H30O. The fraction of sp³-hybridized carbons (Fsp3) is 0. The van der Waals surface area contributed by atoms with Gasteiger partial charge in [0.15, 0.2) is 0 Å². The molecule has 0 aliphatic rings. The highest BCUT2D eigenvalue weighted by atomic mass is 16.3. The molecule has 0 saturated heterocycles. The molecule has 47 heavy (non-hydrogen) atoms. The van der Waals surface area contributed by atoms with Crippen LogP contribution in [0.15, 0.2) is 163 Å². The lowest BCUT2D eigenvalue weighted by Gasteiger charge is -2.20. The third-order valence-electron chi connectivity index (χ3n) is 9.59. The van der Waals surface area contributed by atoms with Crippen molar-refractivity contribution in [3.8, 4) is 33.4 Å². The Morgan fingerprint density at radius 1 is 0.362 bits per heavy atom. The summed E-state index contributed by atoms with van der Waals surface area (Å²) in [6.07, 6.45) is 3.97. The van der Waals surface area contributed by atoms with Crippen molar-refractivity contribution >= 4 is 66.4 Å². The molecule has 0 radical (unpaired) electrons. The minimum Gasteiger partial charge on any atom is -0.456 e. The summed E-state index contributed by atoms with van der Waals surface area (Å²) in [4.78, 5) is 0. The molecule has 220 valence electrons. The van der Waals surface area contributed by atoms with Gasteiger partial charge in [-0.25, -0.2) is 0 Å². The zero-order valence-corrected chi connectivity index (χ0v) is 25.8. The van der Waals surface area contributed by atoms with Crippen molar-refractivity contribution in [1.29, 1.82) is 0 Å². The molecule has 8 aromatic carbocycles. The Balaban J connectivity index is 1.23. The molecule has 0 fully saturated rings. The topological polar surface area (TPSA) is 13.1 Å². The molecule has 0 bridgehead atoms. The minimum atomic E-state index is 0.885. The van der Waals surface area contributed by atoms with Crippen LogP contribution in [0.1, 0.15) is 11.1 Å². The molecule has 0 aliphatic heterocycles. The predicted molar refractivity (Wildman–Crippen MR) is 203 cm³/mol. The minimum absolute atomic E-state index is 0.885. The van der Waals surface area contributed by atoms with Crippen LogP contribution in [0.4, 0.5) is 0 Å². The smallest absolute Gasteiger partial charge is 0.136 e. The summed E-state index contributed by atoms with van der Waals surface area (Å²) in [5.41, 5.74) is 10.9. The number of fused-ring (bicyclic) bond motifs is 6. The Morgan fingerprint density at radius 3 is 1.55 bits per heavy atom. The van der Waals surface area contributed by atoms with Gasteiger partial charge in [-0.1, -0.05) is 141 Å². The van der Waals surface area contributed by atoms with Crippen LogP contribution in [0.25, 0.3) is 99.8 Å². The highest BCUT2D eigenvalue weighted by Gasteiger charge is 2.20. The Kier molecular flexibility index (Phi) is 6.19. The summed E-state index contributed by atoms with van der Waals surface area (Å²) in [7, 11) is 0. The number of benzene rings is 8. The van der Waals surface area contributed by atoms with Gasteiger partial charge < -0.3 is 4.42 Å². The second-order valence-corrected chi connectivity index (χ2v) is 12.2.